The van der Waals surface area contributed by atoms with Crippen molar-refractivity contribution in [1.82, 2.24) is 4.90 Å². The second kappa shape index (κ2) is 6.29. The summed E-state index contributed by atoms with van der Waals surface area (Å²) < 4.78 is 11.7. The van der Waals surface area contributed by atoms with Gasteiger partial charge in [0.05, 0.1) is 25.0 Å². The SMILES string of the molecule is CCC(N)C(c1ccco1)N1CCOC2CCCCC21. The Morgan fingerprint density at radius 3 is 3.00 bits per heavy atom. The minimum Gasteiger partial charge on any atom is -0.468 e. The fourth-order valence-electron chi connectivity index (χ4n) is 3.77. The molecule has 3 rings (SSSR count). The van der Waals surface area contributed by atoms with Crippen LogP contribution in [0.2, 0.25) is 0 Å². The molecule has 20 heavy (non-hydrogen) atoms. The van der Waals surface area contributed by atoms with E-state index in [1.54, 1.807) is 6.26 Å². The summed E-state index contributed by atoms with van der Waals surface area (Å²) in [6.07, 6.45) is 8.10. The summed E-state index contributed by atoms with van der Waals surface area (Å²) in [5.74, 6) is 1.01. The van der Waals surface area contributed by atoms with Crippen LogP contribution < -0.4 is 5.73 Å². The van der Waals surface area contributed by atoms with Gasteiger partial charge in [-0.15, -0.1) is 0 Å². The summed E-state index contributed by atoms with van der Waals surface area (Å²) in [4.78, 5) is 2.56. The molecule has 1 saturated carbocycles. The second-order valence-electron chi connectivity index (χ2n) is 6.03. The fraction of sp³-hybridized carbons (Fsp3) is 0.750. The molecular weight excluding hydrogens is 252 g/mol. The van der Waals surface area contributed by atoms with Gasteiger partial charge < -0.3 is 14.9 Å². The van der Waals surface area contributed by atoms with E-state index in [1.807, 2.05) is 6.07 Å². The van der Waals surface area contributed by atoms with Crippen LogP contribution in [0.3, 0.4) is 0 Å². The minimum atomic E-state index is 0.113. The lowest BCUT2D eigenvalue weighted by molar-refractivity contribution is -0.109. The summed E-state index contributed by atoms with van der Waals surface area (Å²) in [5, 5.41) is 0. The van der Waals surface area contributed by atoms with Crippen LogP contribution in [0.4, 0.5) is 0 Å². The highest BCUT2D eigenvalue weighted by Crippen LogP contribution is 2.36. The van der Waals surface area contributed by atoms with Crippen LogP contribution in [-0.2, 0) is 4.74 Å². The van der Waals surface area contributed by atoms with Crippen LogP contribution >= 0.6 is 0 Å². The van der Waals surface area contributed by atoms with Crippen molar-refractivity contribution in [1.29, 1.82) is 0 Å². The average molecular weight is 278 g/mol. The average Bonchev–Trinajstić information content (AvgIpc) is 3.01. The zero-order valence-electron chi connectivity index (χ0n) is 12.3. The van der Waals surface area contributed by atoms with Gasteiger partial charge in [0.15, 0.2) is 0 Å². The van der Waals surface area contributed by atoms with Crippen molar-refractivity contribution in [2.75, 3.05) is 13.2 Å². The molecule has 0 bridgehead atoms. The molecular formula is C16H26N2O2. The fourth-order valence-corrected chi connectivity index (χ4v) is 3.77. The van der Waals surface area contributed by atoms with Crippen LogP contribution in [0.5, 0.6) is 0 Å². The van der Waals surface area contributed by atoms with Crippen molar-refractivity contribution in [3.8, 4) is 0 Å². The Hall–Kier alpha value is -0.840. The van der Waals surface area contributed by atoms with Crippen LogP contribution in [-0.4, -0.2) is 36.2 Å². The third-order valence-corrected chi connectivity index (χ3v) is 4.84. The quantitative estimate of drug-likeness (QED) is 0.920. The molecule has 0 radical (unpaired) electrons. The van der Waals surface area contributed by atoms with Crippen molar-refractivity contribution < 1.29 is 9.15 Å². The first-order valence-electron chi connectivity index (χ1n) is 7.97. The third-order valence-electron chi connectivity index (χ3n) is 4.84. The van der Waals surface area contributed by atoms with E-state index in [2.05, 4.69) is 17.9 Å². The van der Waals surface area contributed by atoms with Crippen LogP contribution in [0, 0.1) is 0 Å². The molecule has 4 atom stereocenters. The van der Waals surface area contributed by atoms with Crippen molar-refractivity contribution >= 4 is 0 Å². The topological polar surface area (TPSA) is 51.6 Å². The van der Waals surface area contributed by atoms with E-state index in [0.29, 0.717) is 12.1 Å². The van der Waals surface area contributed by atoms with Gasteiger partial charge in [0.1, 0.15) is 5.76 Å². The Bertz CT molecular complexity index is 405. The maximum Gasteiger partial charge on any atom is 0.122 e. The smallest absolute Gasteiger partial charge is 0.122 e. The molecule has 2 N–H and O–H groups in total. The Morgan fingerprint density at radius 1 is 1.40 bits per heavy atom. The standard InChI is InChI=1S/C16H26N2O2/c1-2-12(17)16(15-8-5-10-19-15)18-9-11-20-14-7-4-3-6-13(14)18/h5,8,10,12-14,16H,2-4,6-7,9,11,17H2,1H3. The number of hydrogen-bond donors (Lipinski definition) is 1. The molecule has 4 unspecified atom stereocenters. The van der Waals surface area contributed by atoms with Gasteiger partial charge >= 0.3 is 0 Å². The lowest BCUT2D eigenvalue weighted by Gasteiger charge is -2.48. The summed E-state index contributed by atoms with van der Waals surface area (Å²) in [6, 6.07) is 4.83. The number of morpholine rings is 1. The van der Waals surface area contributed by atoms with E-state index in [0.717, 1.165) is 25.3 Å². The highest BCUT2D eigenvalue weighted by molar-refractivity contribution is 5.10. The van der Waals surface area contributed by atoms with E-state index in [4.69, 9.17) is 14.9 Å². The van der Waals surface area contributed by atoms with Crippen molar-refractivity contribution in [2.24, 2.45) is 5.73 Å². The highest BCUT2D eigenvalue weighted by atomic mass is 16.5. The Balaban J connectivity index is 1.85. The second-order valence-corrected chi connectivity index (χ2v) is 6.03. The van der Waals surface area contributed by atoms with Gasteiger partial charge in [-0.1, -0.05) is 19.8 Å². The van der Waals surface area contributed by atoms with Crippen molar-refractivity contribution in [3.63, 3.8) is 0 Å². The zero-order chi connectivity index (χ0) is 13.9. The number of ether oxygens (including phenoxy) is 1. The van der Waals surface area contributed by atoms with Crippen molar-refractivity contribution in [3.05, 3.63) is 24.2 Å². The van der Waals surface area contributed by atoms with E-state index in [1.165, 1.54) is 25.7 Å². The molecule has 1 aromatic heterocycles. The molecule has 1 saturated heterocycles. The summed E-state index contributed by atoms with van der Waals surface area (Å²) in [6.45, 7) is 3.93. The lowest BCUT2D eigenvalue weighted by atomic mass is 9.87. The Kier molecular flexibility index (Phi) is 4.44. The molecule has 4 heteroatoms. The number of nitrogens with zero attached hydrogens (tertiary/aromatic N) is 1. The normalized spacial score (nSPS) is 30.7. The summed E-state index contributed by atoms with van der Waals surface area (Å²) in [5.41, 5.74) is 6.42. The molecule has 2 aliphatic rings. The largest absolute Gasteiger partial charge is 0.468 e. The number of furan rings is 1. The zero-order valence-corrected chi connectivity index (χ0v) is 12.3. The van der Waals surface area contributed by atoms with Crippen LogP contribution in [0.15, 0.2) is 22.8 Å². The van der Waals surface area contributed by atoms with E-state index >= 15 is 0 Å². The lowest BCUT2D eigenvalue weighted by Crippen LogP contribution is -2.56. The Morgan fingerprint density at radius 2 is 2.25 bits per heavy atom. The molecule has 1 aromatic rings. The minimum absolute atomic E-state index is 0.113. The molecule has 4 nitrogen and oxygen atoms in total. The van der Waals surface area contributed by atoms with Gasteiger partial charge in [-0.2, -0.15) is 0 Å². The molecule has 1 aliphatic carbocycles. The first-order chi connectivity index (χ1) is 9.81. The number of nitrogens with two attached hydrogens (primary N) is 1. The molecule has 0 amide bonds. The van der Waals surface area contributed by atoms with Gasteiger partial charge in [0.2, 0.25) is 0 Å². The van der Waals surface area contributed by atoms with Gasteiger partial charge in [-0.25, -0.2) is 0 Å². The molecule has 0 spiro atoms. The van der Waals surface area contributed by atoms with Crippen LogP contribution in [0.1, 0.15) is 50.8 Å². The number of hydrogen-bond acceptors (Lipinski definition) is 4. The maximum absolute atomic E-state index is 6.42. The van der Waals surface area contributed by atoms with Crippen LogP contribution in [0.25, 0.3) is 0 Å². The van der Waals surface area contributed by atoms with Crippen molar-refractivity contribution in [2.45, 2.75) is 63.3 Å². The summed E-state index contributed by atoms with van der Waals surface area (Å²) in [7, 11) is 0. The molecule has 2 fully saturated rings. The van der Waals surface area contributed by atoms with Gasteiger partial charge in [0, 0.05) is 18.6 Å². The predicted molar refractivity (Wildman–Crippen MR) is 78.4 cm³/mol. The van der Waals surface area contributed by atoms with E-state index in [9.17, 15) is 0 Å². The molecule has 112 valence electrons. The maximum atomic E-state index is 6.42. The number of fused-ring (bicyclic) bond motifs is 1. The van der Waals surface area contributed by atoms with Gasteiger partial charge in [-0.05, 0) is 31.4 Å². The molecule has 1 aliphatic heterocycles. The highest BCUT2D eigenvalue weighted by Gasteiger charge is 2.40. The first kappa shape index (κ1) is 14.1. The van der Waals surface area contributed by atoms with Gasteiger partial charge in [0.25, 0.3) is 0 Å². The molecule has 2 heterocycles. The number of rotatable bonds is 4. The first-order valence-corrected chi connectivity index (χ1v) is 7.97. The monoisotopic (exact) mass is 278 g/mol. The van der Waals surface area contributed by atoms with Gasteiger partial charge in [-0.3, -0.25) is 4.90 Å². The summed E-state index contributed by atoms with van der Waals surface area (Å²) >= 11 is 0. The molecule has 0 aromatic carbocycles. The third kappa shape index (κ3) is 2.65. The van der Waals surface area contributed by atoms with E-state index in [-0.39, 0.29) is 12.1 Å². The Labute approximate surface area is 121 Å². The predicted octanol–water partition coefficient (Wildman–Crippen LogP) is 2.70. The van der Waals surface area contributed by atoms with E-state index < -0.39 is 0 Å².